The lowest BCUT2D eigenvalue weighted by atomic mass is 9.86. The smallest absolute Gasteiger partial charge is 0.221 e. The molecule has 0 saturated heterocycles. The zero-order valence-electron chi connectivity index (χ0n) is 26.4. The Morgan fingerprint density at radius 2 is 1.14 bits per heavy atom. The molecular weight excluding hydrogens is 529 g/mol. The van der Waals surface area contributed by atoms with E-state index in [9.17, 15) is 4.39 Å². The molecule has 0 spiro atoms. The summed E-state index contributed by atoms with van der Waals surface area (Å²) < 4.78 is 16.7. The fourth-order valence-corrected chi connectivity index (χ4v) is 6.32. The lowest BCUT2D eigenvalue weighted by molar-refractivity contribution is -0.436. The molecular formula is C39H45FN3+. The fourth-order valence-electron chi connectivity index (χ4n) is 6.32. The van der Waals surface area contributed by atoms with Crippen LogP contribution in [0.2, 0.25) is 0 Å². The lowest BCUT2D eigenvalue weighted by Crippen LogP contribution is -2.21. The highest BCUT2D eigenvalue weighted by Crippen LogP contribution is 2.44. The molecule has 4 heteroatoms. The Kier molecular flexibility index (Phi) is 9.76. The van der Waals surface area contributed by atoms with Crippen molar-refractivity contribution >= 4 is 33.9 Å². The van der Waals surface area contributed by atoms with Gasteiger partial charge in [0.2, 0.25) is 11.4 Å². The third kappa shape index (κ3) is 6.15. The van der Waals surface area contributed by atoms with E-state index in [2.05, 4.69) is 122 Å². The minimum Gasteiger partial charge on any atom is -0.372 e. The predicted molar refractivity (Wildman–Crippen MR) is 183 cm³/mol. The van der Waals surface area contributed by atoms with E-state index in [0.717, 1.165) is 56.8 Å². The molecule has 0 aliphatic carbocycles. The summed E-state index contributed by atoms with van der Waals surface area (Å²) >= 11 is 0. The first-order valence-electron chi connectivity index (χ1n) is 16.0. The Morgan fingerprint density at radius 3 is 1.63 bits per heavy atom. The van der Waals surface area contributed by atoms with Crippen molar-refractivity contribution in [3.63, 3.8) is 0 Å². The second-order valence-electron chi connectivity index (χ2n) is 11.1. The van der Waals surface area contributed by atoms with E-state index >= 15 is 0 Å². The summed E-state index contributed by atoms with van der Waals surface area (Å²) in [5.41, 5.74) is 11.8. The van der Waals surface area contributed by atoms with Gasteiger partial charge in [0.15, 0.2) is 0 Å². The van der Waals surface area contributed by atoms with Crippen LogP contribution in [-0.2, 0) is 0 Å². The third-order valence-electron chi connectivity index (χ3n) is 8.64. The van der Waals surface area contributed by atoms with Crippen LogP contribution in [0.4, 0.5) is 21.5 Å². The van der Waals surface area contributed by atoms with Gasteiger partial charge in [0.05, 0.1) is 11.1 Å². The summed E-state index contributed by atoms with van der Waals surface area (Å²) in [7, 11) is 0. The van der Waals surface area contributed by atoms with Crippen molar-refractivity contribution in [1.82, 2.24) is 0 Å². The number of hydrogen-bond donors (Lipinski definition) is 0. The third-order valence-corrected chi connectivity index (χ3v) is 8.64. The molecule has 0 unspecified atom stereocenters. The van der Waals surface area contributed by atoms with Crippen LogP contribution in [0.25, 0.3) is 11.1 Å². The van der Waals surface area contributed by atoms with Crippen molar-refractivity contribution in [3.8, 4) is 0 Å². The Bertz CT molecular complexity index is 1520. The van der Waals surface area contributed by atoms with Crippen molar-refractivity contribution in [1.29, 1.82) is 0 Å². The SMILES string of the molecule is CCCC[N+]1=C(c2ccc(F)cc2)C(=C(c2ccc(N(CC)CC)cc2)c2ccc(N(CC)CC)cc2)c2ccccc21. The van der Waals surface area contributed by atoms with Crippen LogP contribution in [0.1, 0.15) is 69.7 Å². The maximum atomic E-state index is 14.2. The number of fused-ring (bicyclic) bond motifs is 1. The maximum Gasteiger partial charge on any atom is 0.221 e. The molecule has 43 heavy (non-hydrogen) atoms. The number of hydrogen-bond acceptors (Lipinski definition) is 2. The van der Waals surface area contributed by atoms with Crippen LogP contribution in [0, 0.1) is 5.82 Å². The van der Waals surface area contributed by atoms with E-state index in [1.54, 1.807) is 12.1 Å². The molecule has 0 atom stereocenters. The van der Waals surface area contributed by atoms with E-state index < -0.39 is 0 Å². The molecule has 5 rings (SSSR count). The Balaban J connectivity index is 1.82. The standard InChI is InChI=1S/C39H45FN3/c1-6-11-28-43-36-15-13-12-14-35(36)38(39(43)31-16-22-32(40)23-17-31)37(29-18-24-33(25-19-29)41(7-2)8-3)30-20-26-34(27-21-30)42(9-4)10-5/h12-27H,6-11,28H2,1-5H3/q+1. The van der Waals surface area contributed by atoms with Gasteiger partial charge < -0.3 is 9.80 Å². The molecule has 4 aromatic carbocycles. The largest absolute Gasteiger partial charge is 0.372 e. The summed E-state index contributed by atoms with van der Waals surface area (Å²) in [6, 6.07) is 33.8. The fraction of sp³-hybridized carbons (Fsp3) is 0.308. The Hall–Kier alpha value is -4.18. The lowest BCUT2D eigenvalue weighted by Gasteiger charge is -2.23. The summed E-state index contributed by atoms with van der Waals surface area (Å²) in [5.74, 6) is -0.218. The van der Waals surface area contributed by atoms with Gasteiger partial charge in [-0.1, -0.05) is 49.7 Å². The molecule has 3 nitrogen and oxygen atoms in total. The zero-order chi connectivity index (χ0) is 30.3. The summed E-state index contributed by atoms with van der Waals surface area (Å²) in [5, 5.41) is 0. The first kappa shape index (κ1) is 30.3. The molecule has 1 aliphatic heterocycles. The molecule has 0 aromatic heterocycles. The van der Waals surface area contributed by atoms with Crippen molar-refractivity contribution < 1.29 is 8.97 Å². The molecule has 0 N–H and O–H groups in total. The molecule has 1 aliphatic rings. The molecule has 4 aromatic rings. The number of anilines is 2. The van der Waals surface area contributed by atoms with Gasteiger partial charge in [-0.15, -0.1) is 0 Å². The van der Waals surface area contributed by atoms with Crippen molar-refractivity contribution in [2.75, 3.05) is 42.5 Å². The van der Waals surface area contributed by atoms with Gasteiger partial charge in [0, 0.05) is 61.2 Å². The molecule has 222 valence electrons. The molecule has 0 radical (unpaired) electrons. The van der Waals surface area contributed by atoms with Gasteiger partial charge in [-0.2, -0.15) is 4.58 Å². The minimum atomic E-state index is -0.218. The van der Waals surface area contributed by atoms with Crippen LogP contribution in [0.5, 0.6) is 0 Å². The van der Waals surface area contributed by atoms with Gasteiger partial charge in [0.1, 0.15) is 12.4 Å². The van der Waals surface area contributed by atoms with Gasteiger partial charge in [-0.3, -0.25) is 0 Å². The first-order valence-corrected chi connectivity index (χ1v) is 16.0. The van der Waals surface area contributed by atoms with E-state index in [1.165, 1.54) is 44.9 Å². The molecule has 0 bridgehead atoms. The van der Waals surface area contributed by atoms with Crippen molar-refractivity contribution in [2.45, 2.75) is 47.5 Å². The van der Waals surface area contributed by atoms with Gasteiger partial charge in [0.25, 0.3) is 0 Å². The van der Waals surface area contributed by atoms with E-state index in [-0.39, 0.29) is 5.82 Å². The number of benzene rings is 4. The summed E-state index contributed by atoms with van der Waals surface area (Å²) in [4.78, 5) is 4.76. The summed E-state index contributed by atoms with van der Waals surface area (Å²) in [6.45, 7) is 15.8. The van der Waals surface area contributed by atoms with Gasteiger partial charge >= 0.3 is 0 Å². The van der Waals surface area contributed by atoms with Crippen LogP contribution < -0.4 is 9.80 Å². The number of allylic oxidation sites excluding steroid dienone is 1. The predicted octanol–water partition coefficient (Wildman–Crippen LogP) is 9.42. The van der Waals surface area contributed by atoms with E-state index in [0.29, 0.717) is 0 Å². The number of para-hydroxylation sites is 1. The zero-order valence-corrected chi connectivity index (χ0v) is 26.4. The van der Waals surface area contributed by atoms with Crippen molar-refractivity contribution in [2.24, 2.45) is 0 Å². The quantitative estimate of drug-likeness (QED) is 0.156. The maximum absolute atomic E-state index is 14.2. The average molecular weight is 575 g/mol. The van der Waals surface area contributed by atoms with Crippen LogP contribution in [0.3, 0.4) is 0 Å². The van der Waals surface area contributed by atoms with Crippen LogP contribution in [-0.4, -0.2) is 43.0 Å². The van der Waals surface area contributed by atoms with E-state index in [4.69, 9.17) is 0 Å². The average Bonchev–Trinajstić information content (AvgIpc) is 3.36. The highest BCUT2D eigenvalue weighted by atomic mass is 19.1. The number of halogens is 1. The normalized spacial score (nSPS) is 12.5. The van der Waals surface area contributed by atoms with Crippen LogP contribution >= 0.6 is 0 Å². The number of rotatable bonds is 12. The monoisotopic (exact) mass is 574 g/mol. The Labute approximate surface area is 257 Å². The van der Waals surface area contributed by atoms with E-state index in [1.807, 2.05) is 12.1 Å². The Morgan fingerprint density at radius 1 is 0.628 bits per heavy atom. The van der Waals surface area contributed by atoms with Gasteiger partial charge in [-0.25, -0.2) is 4.39 Å². The number of nitrogens with zero attached hydrogens (tertiary/aromatic N) is 3. The molecule has 0 saturated carbocycles. The topological polar surface area (TPSA) is 9.49 Å². The molecule has 0 amide bonds. The van der Waals surface area contributed by atoms with Crippen LogP contribution in [0.15, 0.2) is 97.1 Å². The second kappa shape index (κ2) is 13.9. The highest BCUT2D eigenvalue weighted by molar-refractivity contribution is 6.38. The highest BCUT2D eigenvalue weighted by Gasteiger charge is 2.38. The molecule has 0 fully saturated rings. The number of unbranched alkanes of at least 4 members (excludes halogenated alkanes) is 1. The van der Waals surface area contributed by atoms with Crippen molar-refractivity contribution in [3.05, 3.63) is 125 Å². The minimum absolute atomic E-state index is 0.218. The first-order chi connectivity index (χ1) is 21.0. The second-order valence-corrected chi connectivity index (χ2v) is 11.1. The molecule has 1 heterocycles. The summed E-state index contributed by atoms with van der Waals surface area (Å²) in [6.07, 6.45) is 2.17. The van der Waals surface area contributed by atoms with Gasteiger partial charge in [-0.05, 0) is 93.4 Å².